The number of nitrogens with zero attached hydrogens (tertiary/aromatic N) is 3. The van der Waals surface area contributed by atoms with Crippen molar-refractivity contribution in [3.05, 3.63) is 35.2 Å². The van der Waals surface area contributed by atoms with Gasteiger partial charge in [0.25, 0.3) is 0 Å². The van der Waals surface area contributed by atoms with E-state index in [2.05, 4.69) is 15.3 Å². The summed E-state index contributed by atoms with van der Waals surface area (Å²) in [5, 5.41) is 5.02. The summed E-state index contributed by atoms with van der Waals surface area (Å²) in [5.74, 6) is 1.25. The highest BCUT2D eigenvalue weighted by molar-refractivity contribution is 7.07. The van der Waals surface area contributed by atoms with Gasteiger partial charge in [0.1, 0.15) is 12.2 Å². The van der Waals surface area contributed by atoms with Crippen molar-refractivity contribution in [2.75, 3.05) is 19.8 Å². The summed E-state index contributed by atoms with van der Waals surface area (Å²) >= 11 is 1.52. The summed E-state index contributed by atoms with van der Waals surface area (Å²) in [6.45, 7) is 2.54. The molecule has 1 aliphatic rings. The zero-order valence-corrected chi connectivity index (χ0v) is 14.7. The lowest BCUT2D eigenvalue weighted by Crippen LogP contribution is -2.34. The molecule has 130 valence electrons. The molecule has 0 aliphatic carbocycles. The van der Waals surface area contributed by atoms with Crippen molar-refractivity contribution in [3.8, 4) is 11.5 Å². The molecule has 1 saturated heterocycles. The van der Waals surface area contributed by atoms with Gasteiger partial charge in [-0.3, -0.25) is 4.79 Å². The number of nitrogens with one attached hydrogen (secondary N) is 1. The van der Waals surface area contributed by atoms with E-state index in [0.717, 1.165) is 48.6 Å². The van der Waals surface area contributed by atoms with Gasteiger partial charge in [0.2, 0.25) is 5.91 Å². The molecule has 0 saturated carbocycles. The molecule has 2 aromatic heterocycles. The maximum atomic E-state index is 12.5. The number of ether oxygens (including phenoxy) is 1. The first-order valence-corrected chi connectivity index (χ1v) is 9.44. The zero-order valence-electron chi connectivity index (χ0n) is 13.9. The molecule has 0 radical (unpaired) electrons. The van der Waals surface area contributed by atoms with Crippen molar-refractivity contribution >= 4 is 28.3 Å². The first kappa shape index (κ1) is 16.2. The van der Waals surface area contributed by atoms with E-state index in [1.165, 1.54) is 11.3 Å². The minimum Gasteiger partial charge on any atom is -0.381 e. The third-order valence-corrected chi connectivity index (χ3v) is 5.13. The number of fused-ring (bicyclic) bond motifs is 1. The van der Waals surface area contributed by atoms with Gasteiger partial charge < -0.3 is 14.6 Å². The molecule has 6 nitrogen and oxygen atoms in total. The van der Waals surface area contributed by atoms with E-state index >= 15 is 0 Å². The van der Waals surface area contributed by atoms with E-state index in [1.54, 1.807) is 5.51 Å². The third-order valence-electron chi connectivity index (χ3n) is 4.55. The molecule has 0 bridgehead atoms. The average molecular weight is 356 g/mol. The minimum atomic E-state index is 0.00567. The number of hydrogen-bond donors (Lipinski definition) is 1. The standard InChI is InChI=1S/C18H20N4O2S/c23-17(19-9-13-5-7-24-8-6-13)10-22-16-4-2-1-3-14(16)21-18(22)15-11-25-12-20-15/h1-4,11-13H,5-10H2,(H,19,23). The van der Waals surface area contributed by atoms with E-state index < -0.39 is 0 Å². The van der Waals surface area contributed by atoms with Crippen molar-refractivity contribution in [3.63, 3.8) is 0 Å². The molecule has 0 atom stereocenters. The number of rotatable bonds is 5. The summed E-state index contributed by atoms with van der Waals surface area (Å²) in [6.07, 6.45) is 2.02. The molecular weight excluding hydrogens is 336 g/mol. The molecule has 0 unspecified atom stereocenters. The lowest BCUT2D eigenvalue weighted by molar-refractivity contribution is -0.121. The van der Waals surface area contributed by atoms with Crippen molar-refractivity contribution in [2.45, 2.75) is 19.4 Å². The molecule has 3 heterocycles. The van der Waals surface area contributed by atoms with Crippen LogP contribution in [0.5, 0.6) is 0 Å². The summed E-state index contributed by atoms with van der Waals surface area (Å²) in [5.41, 5.74) is 4.41. The highest BCUT2D eigenvalue weighted by Crippen LogP contribution is 2.24. The number of carbonyl (C=O) groups is 1. The van der Waals surface area contributed by atoms with E-state index in [9.17, 15) is 4.79 Å². The molecule has 1 aromatic carbocycles. The van der Waals surface area contributed by atoms with Crippen molar-refractivity contribution in [1.82, 2.24) is 19.9 Å². The maximum Gasteiger partial charge on any atom is 0.240 e. The molecule has 1 N–H and O–H groups in total. The van der Waals surface area contributed by atoms with Crippen molar-refractivity contribution in [2.24, 2.45) is 5.92 Å². The second-order valence-electron chi connectivity index (χ2n) is 6.24. The van der Waals surface area contributed by atoms with Crippen molar-refractivity contribution in [1.29, 1.82) is 0 Å². The van der Waals surface area contributed by atoms with Gasteiger partial charge in [0.15, 0.2) is 5.82 Å². The first-order chi connectivity index (χ1) is 12.3. The Morgan fingerprint density at radius 3 is 2.96 bits per heavy atom. The Hall–Kier alpha value is -2.25. The fourth-order valence-electron chi connectivity index (χ4n) is 3.16. The topological polar surface area (TPSA) is 69.0 Å². The van der Waals surface area contributed by atoms with Crippen LogP contribution >= 0.6 is 11.3 Å². The van der Waals surface area contributed by atoms with Crippen LogP contribution in [0.4, 0.5) is 0 Å². The number of aromatic nitrogens is 3. The summed E-state index contributed by atoms with van der Waals surface area (Å²) in [6, 6.07) is 7.87. The number of carbonyl (C=O) groups excluding carboxylic acids is 1. The molecule has 3 aromatic rings. The Morgan fingerprint density at radius 1 is 1.32 bits per heavy atom. The van der Waals surface area contributed by atoms with E-state index in [1.807, 2.05) is 34.2 Å². The predicted octanol–water partition coefficient (Wildman–Crippen LogP) is 2.70. The number of benzene rings is 1. The van der Waals surface area contributed by atoms with Gasteiger partial charge in [0.05, 0.1) is 16.5 Å². The Kier molecular flexibility index (Phi) is 4.76. The number of para-hydroxylation sites is 2. The molecule has 0 spiro atoms. The average Bonchev–Trinajstić information content (AvgIpc) is 3.29. The van der Waals surface area contributed by atoms with Gasteiger partial charge in [-0.25, -0.2) is 9.97 Å². The lowest BCUT2D eigenvalue weighted by Gasteiger charge is -2.22. The van der Waals surface area contributed by atoms with Crippen LogP contribution in [0.25, 0.3) is 22.6 Å². The highest BCUT2D eigenvalue weighted by atomic mass is 32.1. The quantitative estimate of drug-likeness (QED) is 0.763. The van der Waals surface area contributed by atoms with Gasteiger partial charge in [-0.2, -0.15) is 0 Å². The Morgan fingerprint density at radius 2 is 2.16 bits per heavy atom. The molecule has 25 heavy (non-hydrogen) atoms. The largest absolute Gasteiger partial charge is 0.381 e. The highest BCUT2D eigenvalue weighted by Gasteiger charge is 2.18. The van der Waals surface area contributed by atoms with Gasteiger partial charge in [-0.05, 0) is 30.9 Å². The summed E-state index contributed by atoms with van der Waals surface area (Å²) < 4.78 is 7.31. The van der Waals surface area contributed by atoms with Crippen LogP contribution in [0.15, 0.2) is 35.2 Å². The van der Waals surface area contributed by atoms with Crippen LogP contribution in [-0.4, -0.2) is 40.2 Å². The number of imidazole rings is 1. The van der Waals surface area contributed by atoms with Crippen LogP contribution in [0, 0.1) is 5.92 Å². The smallest absolute Gasteiger partial charge is 0.240 e. The van der Waals surface area contributed by atoms with Crippen LogP contribution in [0.1, 0.15) is 12.8 Å². The van der Waals surface area contributed by atoms with Crippen molar-refractivity contribution < 1.29 is 9.53 Å². The fourth-order valence-corrected chi connectivity index (χ4v) is 3.69. The molecule has 1 fully saturated rings. The number of thiazole rings is 1. The van der Waals surface area contributed by atoms with Crippen LogP contribution < -0.4 is 5.32 Å². The normalized spacial score (nSPS) is 15.5. The SMILES string of the molecule is O=C(Cn1c(-c2cscn2)nc2ccccc21)NCC1CCOCC1. The fraction of sp³-hybridized carbons (Fsp3) is 0.389. The van der Waals surface area contributed by atoms with Gasteiger partial charge in [-0.15, -0.1) is 11.3 Å². The molecule has 4 rings (SSSR count). The third kappa shape index (κ3) is 3.57. The second kappa shape index (κ2) is 7.33. The zero-order chi connectivity index (χ0) is 17.1. The van der Waals surface area contributed by atoms with Crippen LogP contribution in [0.3, 0.4) is 0 Å². The summed E-state index contributed by atoms with van der Waals surface area (Å²) in [4.78, 5) is 21.5. The van der Waals surface area contributed by atoms with Crippen LogP contribution in [-0.2, 0) is 16.1 Å². The number of hydrogen-bond acceptors (Lipinski definition) is 5. The van der Waals surface area contributed by atoms with E-state index in [0.29, 0.717) is 12.5 Å². The van der Waals surface area contributed by atoms with E-state index in [4.69, 9.17) is 4.74 Å². The Labute approximate surface area is 149 Å². The van der Waals surface area contributed by atoms with Crippen LogP contribution in [0.2, 0.25) is 0 Å². The molecule has 7 heteroatoms. The van der Waals surface area contributed by atoms with Gasteiger partial charge in [0, 0.05) is 25.1 Å². The maximum absolute atomic E-state index is 12.5. The molecule has 1 amide bonds. The van der Waals surface area contributed by atoms with E-state index in [-0.39, 0.29) is 12.5 Å². The monoisotopic (exact) mass is 356 g/mol. The number of amides is 1. The lowest BCUT2D eigenvalue weighted by atomic mass is 10.0. The Balaban J connectivity index is 1.53. The minimum absolute atomic E-state index is 0.00567. The molecule has 1 aliphatic heterocycles. The van der Waals surface area contributed by atoms with Gasteiger partial charge >= 0.3 is 0 Å². The van der Waals surface area contributed by atoms with Gasteiger partial charge in [-0.1, -0.05) is 12.1 Å². The summed E-state index contributed by atoms with van der Waals surface area (Å²) in [7, 11) is 0. The first-order valence-electron chi connectivity index (χ1n) is 8.49. The molecular formula is C18H20N4O2S. The predicted molar refractivity (Wildman–Crippen MR) is 97.4 cm³/mol. The Bertz CT molecular complexity index is 853. The second-order valence-corrected chi connectivity index (χ2v) is 6.96.